The largest absolute Gasteiger partial charge is 0.427 e. The molecule has 4 nitrogen and oxygen atoms in total. The van der Waals surface area contributed by atoms with Crippen LogP contribution < -0.4 is 9.47 Å². The number of hydrogen-bond donors (Lipinski definition) is 0. The van der Waals surface area contributed by atoms with Crippen LogP contribution in [0.5, 0.6) is 11.5 Å². The normalized spacial score (nSPS) is 9.53. The highest BCUT2D eigenvalue weighted by molar-refractivity contribution is 5.71. The van der Waals surface area contributed by atoms with Gasteiger partial charge in [-0.15, -0.1) is 6.58 Å². The van der Waals surface area contributed by atoms with Crippen molar-refractivity contribution in [3.05, 3.63) is 36.4 Å². The summed E-state index contributed by atoms with van der Waals surface area (Å²) in [6, 6.07) is 4.83. The molecule has 17 heavy (non-hydrogen) atoms. The van der Waals surface area contributed by atoms with Gasteiger partial charge in [-0.1, -0.05) is 6.08 Å². The lowest BCUT2D eigenvalue weighted by Crippen LogP contribution is -2.05. The van der Waals surface area contributed by atoms with Gasteiger partial charge in [-0.2, -0.15) is 0 Å². The standard InChI is InChI=1S/C13H14O4/c1-4-5-11-8-12(16-9(2)14)6-7-13(11)17-10(3)15/h4,6-8H,1,5H2,2-3H3. The Bertz CT molecular complexity index is 449. The van der Waals surface area contributed by atoms with Crippen LogP contribution >= 0.6 is 0 Å². The number of esters is 2. The third kappa shape index (κ3) is 4.10. The molecule has 0 amide bonds. The molecular weight excluding hydrogens is 220 g/mol. The first-order valence-corrected chi connectivity index (χ1v) is 5.13. The van der Waals surface area contributed by atoms with Gasteiger partial charge >= 0.3 is 11.9 Å². The highest BCUT2D eigenvalue weighted by Crippen LogP contribution is 2.25. The first-order chi connectivity index (χ1) is 8.02. The van der Waals surface area contributed by atoms with Gasteiger partial charge in [0.15, 0.2) is 0 Å². The van der Waals surface area contributed by atoms with Crippen molar-refractivity contribution in [3.8, 4) is 11.5 Å². The number of rotatable bonds is 4. The van der Waals surface area contributed by atoms with E-state index in [9.17, 15) is 9.59 Å². The van der Waals surface area contributed by atoms with E-state index in [0.29, 0.717) is 17.9 Å². The van der Waals surface area contributed by atoms with Crippen LogP contribution in [0.2, 0.25) is 0 Å². The summed E-state index contributed by atoms with van der Waals surface area (Å²) in [4.78, 5) is 21.7. The topological polar surface area (TPSA) is 52.6 Å². The maximum absolute atomic E-state index is 10.9. The zero-order chi connectivity index (χ0) is 12.8. The number of carbonyl (C=O) groups is 2. The van der Waals surface area contributed by atoms with Gasteiger partial charge in [0.05, 0.1) is 0 Å². The van der Waals surface area contributed by atoms with Crippen LogP contribution in [0.15, 0.2) is 30.9 Å². The van der Waals surface area contributed by atoms with Gasteiger partial charge in [0.1, 0.15) is 11.5 Å². The van der Waals surface area contributed by atoms with E-state index in [2.05, 4.69) is 6.58 Å². The van der Waals surface area contributed by atoms with Crippen LogP contribution in [0.1, 0.15) is 19.4 Å². The fourth-order valence-electron chi connectivity index (χ4n) is 1.35. The third-order valence-corrected chi connectivity index (χ3v) is 1.91. The van der Waals surface area contributed by atoms with Gasteiger partial charge < -0.3 is 9.47 Å². The average Bonchev–Trinajstić information content (AvgIpc) is 2.21. The van der Waals surface area contributed by atoms with E-state index in [-0.39, 0.29) is 0 Å². The van der Waals surface area contributed by atoms with Crippen LogP contribution in [0, 0.1) is 0 Å². The van der Waals surface area contributed by atoms with Gasteiger partial charge in [-0.25, -0.2) is 0 Å². The van der Waals surface area contributed by atoms with Gasteiger partial charge in [0.25, 0.3) is 0 Å². The Labute approximate surface area is 99.8 Å². The molecule has 0 saturated carbocycles. The molecule has 0 unspecified atom stereocenters. The van der Waals surface area contributed by atoms with Crippen molar-refractivity contribution < 1.29 is 19.1 Å². The van der Waals surface area contributed by atoms with Crippen molar-refractivity contribution >= 4 is 11.9 Å². The molecule has 1 rings (SSSR count). The smallest absolute Gasteiger partial charge is 0.308 e. The molecule has 0 N–H and O–H groups in total. The van der Waals surface area contributed by atoms with Crippen molar-refractivity contribution in [2.24, 2.45) is 0 Å². The maximum Gasteiger partial charge on any atom is 0.308 e. The van der Waals surface area contributed by atoms with Gasteiger partial charge in [0.2, 0.25) is 0 Å². The van der Waals surface area contributed by atoms with Crippen LogP contribution in [0.3, 0.4) is 0 Å². The van der Waals surface area contributed by atoms with Gasteiger partial charge in [0, 0.05) is 19.4 Å². The number of carbonyl (C=O) groups excluding carboxylic acids is 2. The lowest BCUT2D eigenvalue weighted by Gasteiger charge is -2.09. The molecule has 0 bridgehead atoms. The van der Waals surface area contributed by atoms with E-state index in [0.717, 1.165) is 5.56 Å². The van der Waals surface area contributed by atoms with Gasteiger partial charge in [-0.3, -0.25) is 9.59 Å². The van der Waals surface area contributed by atoms with Crippen molar-refractivity contribution in [1.29, 1.82) is 0 Å². The summed E-state index contributed by atoms with van der Waals surface area (Å²) in [5.41, 5.74) is 0.744. The Kier molecular flexibility index (Phi) is 4.46. The monoisotopic (exact) mass is 234 g/mol. The second-order valence-corrected chi connectivity index (χ2v) is 3.45. The maximum atomic E-state index is 10.9. The van der Waals surface area contributed by atoms with Crippen molar-refractivity contribution in [3.63, 3.8) is 0 Å². The Morgan fingerprint density at radius 1 is 1.24 bits per heavy atom. The minimum absolute atomic E-state index is 0.393. The second-order valence-electron chi connectivity index (χ2n) is 3.45. The van der Waals surface area contributed by atoms with Crippen LogP contribution in [-0.2, 0) is 16.0 Å². The summed E-state index contributed by atoms with van der Waals surface area (Å²) in [5.74, 6) is 0.0869. The highest BCUT2D eigenvalue weighted by Gasteiger charge is 2.08. The predicted molar refractivity (Wildman–Crippen MR) is 63.0 cm³/mol. The summed E-state index contributed by atoms with van der Waals surface area (Å²) < 4.78 is 9.98. The number of hydrogen-bond acceptors (Lipinski definition) is 4. The third-order valence-electron chi connectivity index (χ3n) is 1.91. The van der Waals surface area contributed by atoms with Crippen LogP contribution in [0.25, 0.3) is 0 Å². The molecule has 0 aliphatic rings. The molecule has 0 aliphatic carbocycles. The summed E-state index contributed by atoms with van der Waals surface area (Å²) in [6.45, 7) is 6.28. The lowest BCUT2D eigenvalue weighted by atomic mass is 10.1. The molecule has 0 fully saturated rings. The Hall–Kier alpha value is -2.10. The molecule has 90 valence electrons. The fraction of sp³-hybridized carbons (Fsp3) is 0.231. The first-order valence-electron chi connectivity index (χ1n) is 5.13. The predicted octanol–water partition coefficient (Wildman–Crippen LogP) is 2.27. The molecular formula is C13H14O4. The highest BCUT2D eigenvalue weighted by atomic mass is 16.5. The zero-order valence-electron chi connectivity index (χ0n) is 9.86. The first kappa shape index (κ1) is 13.0. The summed E-state index contributed by atoms with van der Waals surface area (Å²) >= 11 is 0. The molecule has 0 heterocycles. The molecule has 0 aromatic heterocycles. The summed E-state index contributed by atoms with van der Waals surface area (Å²) in [6.07, 6.45) is 2.21. The Morgan fingerprint density at radius 2 is 1.88 bits per heavy atom. The zero-order valence-corrected chi connectivity index (χ0v) is 9.86. The molecule has 0 spiro atoms. The van der Waals surface area contributed by atoms with Crippen molar-refractivity contribution in [1.82, 2.24) is 0 Å². The fourth-order valence-corrected chi connectivity index (χ4v) is 1.35. The van der Waals surface area contributed by atoms with E-state index in [1.807, 2.05) is 0 Å². The minimum atomic E-state index is -0.394. The van der Waals surface area contributed by atoms with Crippen LogP contribution in [0.4, 0.5) is 0 Å². The van der Waals surface area contributed by atoms with Crippen molar-refractivity contribution in [2.45, 2.75) is 20.3 Å². The van der Waals surface area contributed by atoms with E-state index in [1.54, 1.807) is 24.3 Å². The van der Waals surface area contributed by atoms with E-state index in [1.165, 1.54) is 13.8 Å². The SMILES string of the molecule is C=CCc1cc(OC(C)=O)ccc1OC(C)=O. The second kappa shape index (κ2) is 5.84. The Morgan fingerprint density at radius 3 is 2.41 bits per heavy atom. The Balaban J connectivity index is 3.02. The van der Waals surface area contributed by atoms with Crippen molar-refractivity contribution in [2.75, 3.05) is 0 Å². The average molecular weight is 234 g/mol. The van der Waals surface area contributed by atoms with Crippen LogP contribution in [-0.4, -0.2) is 11.9 Å². The van der Waals surface area contributed by atoms with E-state index < -0.39 is 11.9 Å². The van der Waals surface area contributed by atoms with E-state index >= 15 is 0 Å². The quantitative estimate of drug-likeness (QED) is 0.455. The number of allylic oxidation sites excluding steroid dienone is 1. The summed E-state index contributed by atoms with van der Waals surface area (Å²) in [5, 5.41) is 0. The molecule has 0 aliphatic heterocycles. The van der Waals surface area contributed by atoms with Gasteiger partial charge in [-0.05, 0) is 24.6 Å². The summed E-state index contributed by atoms with van der Waals surface area (Å²) in [7, 11) is 0. The molecule has 0 saturated heterocycles. The lowest BCUT2D eigenvalue weighted by molar-refractivity contribution is -0.133. The molecule has 1 aromatic carbocycles. The van der Waals surface area contributed by atoms with E-state index in [4.69, 9.17) is 9.47 Å². The molecule has 4 heteroatoms. The molecule has 1 aromatic rings. The molecule has 0 atom stereocenters. The molecule has 0 radical (unpaired) electrons. The minimum Gasteiger partial charge on any atom is -0.427 e. The number of ether oxygens (including phenoxy) is 2. The number of benzene rings is 1.